The maximum absolute atomic E-state index is 12.1. The van der Waals surface area contributed by atoms with E-state index >= 15 is 0 Å². The minimum atomic E-state index is -0.762. The number of carbonyl (C=O) groups excluding carboxylic acids is 2. The Labute approximate surface area is 182 Å². The molecule has 0 aromatic heterocycles. The third-order valence-corrected chi connectivity index (χ3v) is 4.16. The lowest BCUT2D eigenvalue weighted by atomic mass is 10.1. The SMILES string of the molecule is COC(=O)C(Cc1ccc(OCC(=O)OC(C)(C)C)cc1)OCc1cccc(Cl)c1. The highest BCUT2D eigenvalue weighted by Gasteiger charge is 2.21. The van der Waals surface area contributed by atoms with Crippen LogP contribution in [0.25, 0.3) is 0 Å². The minimum absolute atomic E-state index is 0.176. The van der Waals surface area contributed by atoms with Gasteiger partial charge in [-0.25, -0.2) is 9.59 Å². The first kappa shape index (κ1) is 23.7. The van der Waals surface area contributed by atoms with E-state index in [4.69, 9.17) is 30.5 Å². The van der Waals surface area contributed by atoms with Crippen molar-refractivity contribution in [2.45, 2.75) is 45.5 Å². The van der Waals surface area contributed by atoms with Gasteiger partial charge in [-0.05, 0) is 56.2 Å². The van der Waals surface area contributed by atoms with Crippen molar-refractivity contribution >= 4 is 23.5 Å². The van der Waals surface area contributed by atoms with Crippen molar-refractivity contribution in [1.29, 1.82) is 0 Å². The molecule has 0 fully saturated rings. The molecule has 1 unspecified atom stereocenters. The number of hydrogen-bond acceptors (Lipinski definition) is 6. The number of methoxy groups -OCH3 is 1. The second-order valence-corrected chi connectivity index (χ2v) is 8.11. The van der Waals surface area contributed by atoms with Crippen LogP contribution in [0.15, 0.2) is 48.5 Å². The molecule has 2 aromatic carbocycles. The van der Waals surface area contributed by atoms with Crippen LogP contribution in [0.3, 0.4) is 0 Å². The van der Waals surface area contributed by atoms with E-state index in [9.17, 15) is 9.59 Å². The van der Waals surface area contributed by atoms with E-state index in [2.05, 4.69) is 0 Å². The Morgan fingerprint density at radius 3 is 2.33 bits per heavy atom. The van der Waals surface area contributed by atoms with Gasteiger partial charge in [0.1, 0.15) is 11.4 Å². The molecule has 6 nitrogen and oxygen atoms in total. The van der Waals surface area contributed by atoms with Crippen LogP contribution in [0, 0.1) is 0 Å². The van der Waals surface area contributed by atoms with Gasteiger partial charge in [0.05, 0.1) is 13.7 Å². The van der Waals surface area contributed by atoms with Crippen LogP contribution in [-0.2, 0) is 36.8 Å². The maximum Gasteiger partial charge on any atom is 0.344 e. The van der Waals surface area contributed by atoms with E-state index in [1.165, 1.54) is 7.11 Å². The molecule has 2 aromatic rings. The van der Waals surface area contributed by atoms with E-state index in [1.807, 2.05) is 24.3 Å². The van der Waals surface area contributed by atoms with Gasteiger partial charge in [0.15, 0.2) is 12.7 Å². The average molecular weight is 435 g/mol. The monoisotopic (exact) mass is 434 g/mol. The molecule has 30 heavy (non-hydrogen) atoms. The molecule has 162 valence electrons. The predicted molar refractivity (Wildman–Crippen MR) is 114 cm³/mol. The zero-order chi connectivity index (χ0) is 22.1. The molecule has 7 heteroatoms. The van der Waals surface area contributed by atoms with Gasteiger partial charge >= 0.3 is 11.9 Å². The summed E-state index contributed by atoms with van der Waals surface area (Å²) in [7, 11) is 1.33. The first-order chi connectivity index (χ1) is 14.2. The summed E-state index contributed by atoms with van der Waals surface area (Å²) < 4.78 is 21.3. The number of carbonyl (C=O) groups is 2. The zero-order valence-electron chi connectivity index (χ0n) is 17.6. The number of rotatable bonds is 9. The van der Waals surface area contributed by atoms with E-state index in [1.54, 1.807) is 45.0 Å². The summed E-state index contributed by atoms with van der Waals surface area (Å²) in [6.07, 6.45) is -0.429. The summed E-state index contributed by atoms with van der Waals surface area (Å²) in [5.74, 6) is -0.367. The van der Waals surface area contributed by atoms with Crippen LogP contribution in [0.1, 0.15) is 31.9 Å². The Kier molecular flexibility index (Phi) is 8.69. The molecular weight excluding hydrogens is 408 g/mol. The Balaban J connectivity index is 1.92. The molecule has 0 aliphatic heterocycles. The van der Waals surface area contributed by atoms with Gasteiger partial charge in [0, 0.05) is 11.4 Å². The number of esters is 2. The molecule has 0 radical (unpaired) electrons. The summed E-state index contributed by atoms with van der Waals surface area (Å²) in [6.45, 7) is 5.45. The molecule has 0 saturated carbocycles. The van der Waals surface area contributed by atoms with Gasteiger partial charge in [-0.2, -0.15) is 0 Å². The highest BCUT2D eigenvalue weighted by molar-refractivity contribution is 6.30. The van der Waals surface area contributed by atoms with Gasteiger partial charge in [-0.1, -0.05) is 35.9 Å². The molecule has 0 heterocycles. The van der Waals surface area contributed by atoms with Crippen molar-refractivity contribution < 1.29 is 28.5 Å². The summed E-state index contributed by atoms with van der Waals surface area (Å²) in [5.41, 5.74) is 1.17. The zero-order valence-corrected chi connectivity index (χ0v) is 18.4. The van der Waals surface area contributed by atoms with E-state index in [0.29, 0.717) is 17.2 Å². The summed E-state index contributed by atoms with van der Waals surface area (Å²) in [5, 5.41) is 0.604. The average Bonchev–Trinajstić information content (AvgIpc) is 2.68. The van der Waals surface area contributed by atoms with Crippen LogP contribution in [0.4, 0.5) is 0 Å². The van der Waals surface area contributed by atoms with E-state index in [0.717, 1.165) is 11.1 Å². The second-order valence-electron chi connectivity index (χ2n) is 7.68. The highest BCUT2D eigenvalue weighted by atomic mass is 35.5. The molecule has 0 aliphatic carbocycles. The Morgan fingerprint density at radius 1 is 1.03 bits per heavy atom. The van der Waals surface area contributed by atoms with Gasteiger partial charge in [-0.15, -0.1) is 0 Å². The minimum Gasteiger partial charge on any atom is -0.482 e. The molecular formula is C23H27ClO6. The van der Waals surface area contributed by atoms with Crippen LogP contribution >= 0.6 is 11.6 Å². The van der Waals surface area contributed by atoms with Crippen molar-refractivity contribution in [3.05, 3.63) is 64.7 Å². The fraction of sp³-hybridized carbons (Fsp3) is 0.391. The normalized spacial score (nSPS) is 12.2. The van der Waals surface area contributed by atoms with Gasteiger partial charge < -0.3 is 18.9 Å². The Morgan fingerprint density at radius 2 is 1.73 bits per heavy atom. The molecule has 2 rings (SSSR count). The van der Waals surface area contributed by atoms with Gasteiger partial charge in [0.25, 0.3) is 0 Å². The first-order valence-corrected chi connectivity index (χ1v) is 9.91. The van der Waals surface area contributed by atoms with Crippen LogP contribution in [0.2, 0.25) is 5.02 Å². The van der Waals surface area contributed by atoms with E-state index < -0.39 is 23.6 Å². The second kappa shape index (κ2) is 11.0. The molecule has 0 N–H and O–H groups in total. The standard InChI is InChI=1S/C23H27ClO6/c1-23(2,3)30-21(25)15-28-19-10-8-16(9-11-19)13-20(22(26)27-4)29-14-17-6-5-7-18(24)12-17/h5-12,20H,13-15H2,1-4H3. The largest absolute Gasteiger partial charge is 0.482 e. The molecule has 0 amide bonds. The molecule has 0 bridgehead atoms. The van der Waals surface area contributed by atoms with Crippen molar-refractivity contribution in [1.82, 2.24) is 0 Å². The van der Waals surface area contributed by atoms with Crippen molar-refractivity contribution in [2.75, 3.05) is 13.7 Å². The van der Waals surface area contributed by atoms with Crippen LogP contribution < -0.4 is 4.74 Å². The van der Waals surface area contributed by atoms with Crippen LogP contribution in [-0.4, -0.2) is 37.4 Å². The van der Waals surface area contributed by atoms with Crippen molar-refractivity contribution in [3.63, 3.8) is 0 Å². The number of hydrogen-bond donors (Lipinski definition) is 0. The first-order valence-electron chi connectivity index (χ1n) is 9.54. The molecule has 0 spiro atoms. The quantitative estimate of drug-likeness (QED) is 0.546. The molecule has 0 saturated heterocycles. The van der Waals surface area contributed by atoms with E-state index in [-0.39, 0.29) is 13.2 Å². The third kappa shape index (κ3) is 8.43. The smallest absolute Gasteiger partial charge is 0.344 e. The number of benzene rings is 2. The summed E-state index contributed by atoms with van der Waals surface area (Å²) in [6, 6.07) is 14.3. The van der Waals surface area contributed by atoms with Crippen LogP contribution in [0.5, 0.6) is 5.75 Å². The Hall–Kier alpha value is -2.57. The highest BCUT2D eigenvalue weighted by Crippen LogP contribution is 2.17. The lowest BCUT2D eigenvalue weighted by Crippen LogP contribution is -2.28. The van der Waals surface area contributed by atoms with Crippen molar-refractivity contribution in [3.8, 4) is 5.75 Å². The molecule has 1 atom stereocenters. The lowest BCUT2D eigenvalue weighted by Gasteiger charge is -2.19. The number of halogens is 1. The summed E-state index contributed by atoms with van der Waals surface area (Å²) in [4.78, 5) is 23.9. The lowest BCUT2D eigenvalue weighted by molar-refractivity contribution is -0.157. The third-order valence-electron chi connectivity index (χ3n) is 3.93. The predicted octanol–water partition coefficient (Wildman–Crippen LogP) is 4.36. The Bertz CT molecular complexity index is 842. The molecule has 0 aliphatic rings. The fourth-order valence-electron chi connectivity index (χ4n) is 2.61. The van der Waals surface area contributed by atoms with Gasteiger partial charge in [-0.3, -0.25) is 0 Å². The topological polar surface area (TPSA) is 71.1 Å². The van der Waals surface area contributed by atoms with Crippen molar-refractivity contribution in [2.24, 2.45) is 0 Å². The van der Waals surface area contributed by atoms with Gasteiger partial charge in [0.2, 0.25) is 0 Å². The summed E-state index contributed by atoms with van der Waals surface area (Å²) >= 11 is 5.98. The maximum atomic E-state index is 12.1. The number of ether oxygens (including phenoxy) is 4. The fourth-order valence-corrected chi connectivity index (χ4v) is 2.83.